The molecule has 2 aromatic carbocycles. The highest BCUT2D eigenvalue weighted by Gasteiger charge is 2.12. The predicted molar refractivity (Wildman–Crippen MR) is 99.4 cm³/mol. The summed E-state index contributed by atoms with van der Waals surface area (Å²) in [5, 5.41) is 5.38. The van der Waals surface area contributed by atoms with Crippen molar-refractivity contribution in [2.45, 2.75) is 6.42 Å². The highest BCUT2D eigenvalue weighted by atomic mass is 32.1. The lowest BCUT2D eigenvalue weighted by atomic mass is 10.2. The van der Waals surface area contributed by atoms with Crippen LogP contribution in [0.3, 0.4) is 0 Å². The van der Waals surface area contributed by atoms with Gasteiger partial charge in [0.25, 0.3) is 0 Å². The van der Waals surface area contributed by atoms with Crippen molar-refractivity contribution < 1.29 is 18.7 Å². The van der Waals surface area contributed by atoms with Gasteiger partial charge in [-0.15, -0.1) is 11.3 Å². The minimum absolute atomic E-state index is 0.132. The quantitative estimate of drug-likeness (QED) is 0.706. The van der Waals surface area contributed by atoms with Crippen molar-refractivity contribution in [3.8, 4) is 22.1 Å². The molecule has 0 atom stereocenters. The van der Waals surface area contributed by atoms with E-state index in [4.69, 9.17) is 9.47 Å². The molecular formula is C19H17FN2O3S. The van der Waals surface area contributed by atoms with Crippen LogP contribution >= 0.6 is 11.3 Å². The molecule has 0 fully saturated rings. The first-order valence-electron chi connectivity index (χ1n) is 7.81. The Hall–Kier alpha value is -2.93. The Labute approximate surface area is 154 Å². The summed E-state index contributed by atoms with van der Waals surface area (Å²) in [5.41, 5.74) is 2.03. The second-order valence-electron chi connectivity index (χ2n) is 5.44. The molecule has 0 spiro atoms. The van der Waals surface area contributed by atoms with Gasteiger partial charge in [-0.25, -0.2) is 9.37 Å². The Morgan fingerprint density at radius 3 is 2.62 bits per heavy atom. The third-order valence-corrected chi connectivity index (χ3v) is 4.61. The van der Waals surface area contributed by atoms with E-state index in [1.165, 1.54) is 30.6 Å². The first kappa shape index (κ1) is 17.9. The van der Waals surface area contributed by atoms with Crippen molar-refractivity contribution in [1.82, 2.24) is 4.98 Å². The van der Waals surface area contributed by atoms with Crippen molar-refractivity contribution in [2.75, 3.05) is 19.5 Å². The van der Waals surface area contributed by atoms with Crippen LogP contribution in [0.4, 0.5) is 10.1 Å². The number of methoxy groups -OCH3 is 2. The molecule has 5 nitrogen and oxygen atoms in total. The maximum Gasteiger partial charge on any atom is 0.230 e. The van der Waals surface area contributed by atoms with E-state index >= 15 is 0 Å². The molecule has 26 heavy (non-hydrogen) atoms. The monoisotopic (exact) mass is 372 g/mol. The van der Waals surface area contributed by atoms with Gasteiger partial charge in [0, 0.05) is 17.0 Å². The molecule has 7 heteroatoms. The Balaban J connectivity index is 1.68. The van der Waals surface area contributed by atoms with Crippen LogP contribution in [0.25, 0.3) is 10.6 Å². The van der Waals surface area contributed by atoms with Crippen molar-refractivity contribution in [3.05, 3.63) is 59.4 Å². The molecule has 0 bridgehead atoms. The number of nitrogens with one attached hydrogen (secondary N) is 1. The van der Waals surface area contributed by atoms with Crippen LogP contribution in [0.1, 0.15) is 5.69 Å². The molecule has 1 N–H and O–H groups in total. The minimum Gasteiger partial charge on any atom is -0.497 e. The van der Waals surface area contributed by atoms with Crippen LogP contribution in [0, 0.1) is 5.82 Å². The molecule has 134 valence electrons. The fourth-order valence-electron chi connectivity index (χ4n) is 2.37. The van der Waals surface area contributed by atoms with Gasteiger partial charge < -0.3 is 14.8 Å². The molecule has 0 aliphatic rings. The summed E-state index contributed by atoms with van der Waals surface area (Å²) in [4.78, 5) is 16.8. The number of nitrogens with zero attached hydrogens (tertiary/aromatic N) is 1. The SMILES string of the molecule is COc1ccc(NC(=O)Cc2csc(-c3ccc(F)cc3)n2)c(OC)c1. The number of aromatic nitrogens is 1. The molecule has 0 saturated heterocycles. The number of amides is 1. The van der Waals surface area contributed by atoms with Gasteiger partial charge in [-0.2, -0.15) is 0 Å². The lowest BCUT2D eigenvalue weighted by Crippen LogP contribution is -2.15. The average molecular weight is 372 g/mol. The van der Waals surface area contributed by atoms with Gasteiger partial charge in [-0.05, 0) is 36.4 Å². The molecule has 0 aliphatic carbocycles. The van der Waals surface area contributed by atoms with E-state index in [1.807, 2.05) is 5.38 Å². The Kier molecular flexibility index (Phi) is 5.48. The molecule has 1 heterocycles. The van der Waals surface area contributed by atoms with Crippen LogP contribution in [0.2, 0.25) is 0 Å². The van der Waals surface area contributed by atoms with Crippen LogP contribution < -0.4 is 14.8 Å². The second-order valence-corrected chi connectivity index (χ2v) is 6.30. The third-order valence-electron chi connectivity index (χ3n) is 3.67. The van der Waals surface area contributed by atoms with E-state index in [-0.39, 0.29) is 18.1 Å². The standard InChI is InChI=1S/C19H17FN2O3S/c1-24-15-7-8-16(17(10-15)25-2)22-18(23)9-14-11-26-19(21-14)12-3-5-13(20)6-4-12/h3-8,10-11H,9H2,1-2H3,(H,22,23). The highest BCUT2D eigenvalue weighted by molar-refractivity contribution is 7.13. The number of hydrogen-bond donors (Lipinski definition) is 1. The normalized spacial score (nSPS) is 10.4. The summed E-state index contributed by atoms with van der Waals surface area (Å²) in [6, 6.07) is 11.3. The zero-order chi connectivity index (χ0) is 18.5. The lowest BCUT2D eigenvalue weighted by molar-refractivity contribution is -0.115. The summed E-state index contributed by atoms with van der Waals surface area (Å²) < 4.78 is 23.4. The lowest BCUT2D eigenvalue weighted by Gasteiger charge is -2.11. The van der Waals surface area contributed by atoms with E-state index in [2.05, 4.69) is 10.3 Å². The first-order chi connectivity index (χ1) is 12.6. The van der Waals surface area contributed by atoms with E-state index in [0.29, 0.717) is 22.9 Å². The Morgan fingerprint density at radius 1 is 1.15 bits per heavy atom. The van der Waals surface area contributed by atoms with Crippen LogP contribution in [0.5, 0.6) is 11.5 Å². The topological polar surface area (TPSA) is 60.5 Å². The number of benzene rings is 2. The van der Waals surface area contributed by atoms with Crippen molar-refractivity contribution >= 4 is 22.9 Å². The smallest absolute Gasteiger partial charge is 0.230 e. The summed E-state index contributed by atoms with van der Waals surface area (Å²) in [5.74, 6) is 0.661. The Bertz CT molecular complexity index is 909. The number of carbonyl (C=O) groups excluding carboxylic acids is 1. The third kappa shape index (κ3) is 4.18. The summed E-state index contributed by atoms with van der Waals surface area (Å²) in [6.07, 6.45) is 0.132. The van der Waals surface area contributed by atoms with Crippen LogP contribution in [-0.2, 0) is 11.2 Å². The molecule has 3 aromatic rings. The van der Waals surface area contributed by atoms with Crippen LogP contribution in [-0.4, -0.2) is 25.1 Å². The van der Waals surface area contributed by atoms with Gasteiger partial charge in [0.05, 0.1) is 32.0 Å². The van der Waals surface area contributed by atoms with Crippen molar-refractivity contribution in [1.29, 1.82) is 0 Å². The molecule has 0 aliphatic heterocycles. The molecule has 1 aromatic heterocycles. The number of halogens is 1. The number of ether oxygens (including phenoxy) is 2. The van der Waals surface area contributed by atoms with Gasteiger partial charge in [0.15, 0.2) is 0 Å². The minimum atomic E-state index is -0.293. The largest absolute Gasteiger partial charge is 0.497 e. The number of thiazole rings is 1. The zero-order valence-electron chi connectivity index (χ0n) is 14.3. The fraction of sp³-hybridized carbons (Fsp3) is 0.158. The number of hydrogen-bond acceptors (Lipinski definition) is 5. The summed E-state index contributed by atoms with van der Waals surface area (Å²) in [6.45, 7) is 0. The fourth-order valence-corrected chi connectivity index (χ4v) is 3.20. The Morgan fingerprint density at radius 2 is 1.92 bits per heavy atom. The predicted octanol–water partition coefficient (Wildman–Crippen LogP) is 4.15. The zero-order valence-corrected chi connectivity index (χ0v) is 15.1. The number of anilines is 1. The van der Waals surface area contributed by atoms with E-state index in [9.17, 15) is 9.18 Å². The summed E-state index contributed by atoms with van der Waals surface area (Å²) >= 11 is 1.41. The van der Waals surface area contributed by atoms with Gasteiger partial charge in [0.1, 0.15) is 22.3 Å². The molecule has 0 unspecified atom stereocenters. The van der Waals surface area contributed by atoms with Gasteiger partial charge in [-0.1, -0.05) is 0 Å². The molecule has 1 amide bonds. The van der Waals surface area contributed by atoms with E-state index in [1.54, 1.807) is 37.4 Å². The maximum absolute atomic E-state index is 13.0. The summed E-state index contributed by atoms with van der Waals surface area (Å²) in [7, 11) is 3.09. The number of rotatable bonds is 6. The second kappa shape index (κ2) is 7.97. The average Bonchev–Trinajstić information content (AvgIpc) is 3.11. The van der Waals surface area contributed by atoms with Gasteiger partial charge in [-0.3, -0.25) is 4.79 Å². The van der Waals surface area contributed by atoms with E-state index in [0.717, 1.165) is 10.6 Å². The van der Waals surface area contributed by atoms with Crippen LogP contribution in [0.15, 0.2) is 47.8 Å². The maximum atomic E-state index is 13.0. The molecule has 3 rings (SSSR count). The van der Waals surface area contributed by atoms with Gasteiger partial charge >= 0.3 is 0 Å². The molecule has 0 saturated carbocycles. The highest BCUT2D eigenvalue weighted by Crippen LogP contribution is 2.29. The van der Waals surface area contributed by atoms with Gasteiger partial charge in [0.2, 0.25) is 5.91 Å². The molecule has 0 radical (unpaired) electrons. The first-order valence-corrected chi connectivity index (χ1v) is 8.69. The van der Waals surface area contributed by atoms with Crippen molar-refractivity contribution in [2.24, 2.45) is 0 Å². The van der Waals surface area contributed by atoms with E-state index < -0.39 is 0 Å². The van der Waals surface area contributed by atoms with Crippen molar-refractivity contribution in [3.63, 3.8) is 0 Å². The number of carbonyl (C=O) groups is 1. The molecular weight excluding hydrogens is 355 g/mol.